The maximum absolute atomic E-state index is 10.8. The van der Waals surface area contributed by atoms with Gasteiger partial charge in [-0.1, -0.05) is 0 Å². The van der Waals surface area contributed by atoms with Gasteiger partial charge in [0.15, 0.2) is 6.10 Å². The number of halogens is 1. The minimum atomic E-state index is -1.45. The molecule has 0 unspecified atom stereocenters. The van der Waals surface area contributed by atoms with E-state index in [2.05, 4.69) is 9.47 Å². The van der Waals surface area contributed by atoms with Gasteiger partial charge in [-0.15, -0.1) is 11.6 Å². The lowest BCUT2D eigenvalue weighted by Crippen LogP contribution is -2.34. The first-order valence-electron chi connectivity index (χ1n) is 3.66. The van der Waals surface area contributed by atoms with Gasteiger partial charge in [-0.3, -0.25) is 4.79 Å². The summed E-state index contributed by atoms with van der Waals surface area (Å²) in [6, 6.07) is 0. The molecule has 0 aromatic carbocycles. The van der Waals surface area contributed by atoms with Crippen molar-refractivity contribution in [1.82, 2.24) is 0 Å². The highest BCUT2D eigenvalue weighted by Crippen LogP contribution is 2.22. The third kappa shape index (κ3) is 2.10. The molecular formula is C7H9ClO5. The summed E-state index contributed by atoms with van der Waals surface area (Å²) < 4.78 is 8.91. The number of esters is 2. The van der Waals surface area contributed by atoms with Gasteiger partial charge < -0.3 is 14.6 Å². The zero-order valence-electron chi connectivity index (χ0n) is 6.90. The molecule has 0 bridgehead atoms. The Balaban J connectivity index is 2.55. The summed E-state index contributed by atoms with van der Waals surface area (Å²) in [5, 5.41) is 8.45. The van der Waals surface area contributed by atoms with Gasteiger partial charge in [-0.25, -0.2) is 4.79 Å². The molecular weight excluding hydrogens is 200 g/mol. The Morgan fingerprint density at radius 2 is 2.46 bits per heavy atom. The van der Waals surface area contributed by atoms with Crippen molar-refractivity contribution in [3.63, 3.8) is 0 Å². The molecule has 0 saturated carbocycles. The second-order valence-electron chi connectivity index (χ2n) is 2.65. The quantitative estimate of drug-likeness (QED) is 0.487. The standard InChI is InChI=1S/C7H9ClO5/c1-12-7(11)5(9)4-2-3(8)6(10)13-4/h3-5,9H,2H2,1H3/t3-,4-,5-/m0/s1. The van der Waals surface area contributed by atoms with E-state index in [4.69, 9.17) is 11.6 Å². The molecule has 1 N–H and O–H groups in total. The molecule has 1 heterocycles. The fourth-order valence-corrected chi connectivity index (χ4v) is 1.26. The Morgan fingerprint density at radius 3 is 2.85 bits per heavy atom. The highest BCUT2D eigenvalue weighted by molar-refractivity contribution is 6.30. The van der Waals surface area contributed by atoms with Crippen molar-refractivity contribution in [2.24, 2.45) is 0 Å². The molecule has 5 nitrogen and oxygen atoms in total. The number of methoxy groups -OCH3 is 1. The lowest BCUT2D eigenvalue weighted by molar-refractivity contribution is -0.161. The first-order valence-corrected chi connectivity index (χ1v) is 4.10. The van der Waals surface area contributed by atoms with Gasteiger partial charge in [0, 0.05) is 6.42 Å². The van der Waals surface area contributed by atoms with Crippen LogP contribution in [0.25, 0.3) is 0 Å². The minimum absolute atomic E-state index is 0.122. The van der Waals surface area contributed by atoms with E-state index in [1.165, 1.54) is 0 Å². The number of hydrogen-bond donors (Lipinski definition) is 1. The van der Waals surface area contributed by atoms with Gasteiger partial charge >= 0.3 is 11.9 Å². The normalized spacial score (nSPS) is 29.6. The number of alkyl halides is 1. The Morgan fingerprint density at radius 1 is 1.85 bits per heavy atom. The smallest absolute Gasteiger partial charge is 0.338 e. The highest BCUT2D eigenvalue weighted by Gasteiger charge is 2.40. The number of cyclic esters (lactones) is 1. The SMILES string of the molecule is COC(=O)[C@@H](O)[C@@H]1C[C@H](Cl)C(=O)O1. The summed E-state index contributed by atoms with van der Waals surface area (Å²) in [6.07, 6.45) is -2.21. The maximum Gasteiger partial charge on any atom is 0.338 e. The molecule has 1 aliphatic rings. The molecule has 13 heavy (non-hydrogen) atoms. The fourth-order valence-electron chi connectivity index (χ4n) is 1.04. The zero-order chi connectivity index (χ0) is 10.0. The van der Waals surface area contributed by atoms with Gasteiger partial charge in [0.05, 0.1) is 7.11 Å². The van der Waals surface area contributed by atoms with Gasteiger partial charge in [0.1, 0.15) is 11.5 Å². The third-order valence-electron chi connectivity index (χ3n) is 1.76. The Bertz CT molecular complexity index is 229. The molecule has 0 aliphatic carbocycles. The maximum atomic E-state index is 10.8. The van der Waals surface area contributed by atoms with E-state index in [-0.39, 0.29) is 6.42 Å². The van der Waals surface area contributed by atoms with Crippen LogP contribution < -0.4 is 0 Å². The second kappa shape index (κ2) is 3.93. The van der Waals surface area contributed by atoms with Crippen LogP contribution in [0.4, 0.5) is 0 Å². The van der Waals surface area contributed by atoms with Crippen molar-refractivity contribution < 1.29 is 24.2 Å². The van der Waals surface area contributed by atoms with Gasteiger partial charge in [-0.05, 0) is 0 Å². The molecule has 0 aromatic heterocycles. The summed E-state index contributed by atoms with van der Waals surface area (Å²) in [4.78, 5) is 21.6. The average molecular weight is 209 g/mol. The van der Waals surface area contributed by atoms with Crippen LogP contribution in [-0.4, -0.2) is 41.7 Å². The highest BCUT2D eigenvalue weighted by atomic mass is 35.5. The topological polar surface area (TPSA) is 72.8 Å². The Labute approximate surface area is 79.6 Å². The molecule has 3 atom stereocenters. The van der Waals surface area contributed by atoms with Crippen LogP contribution in [0.2, 0.25) is 0 Å². The first kappa shape index (κ1) is 10.3. The van der Waals surface area contributed by atoms with Crippen molar-refractivity contribution in [1.29, 1.82) is 0 Å². The zero-order valence-corrected chi connectivity index (χ0v) is 7.65. The Hall–Kier alpha value is -0.810. The summed E-state index contributed by atoms with van der Waals surface area (Å²) >= 11 is 5.51. The monoisotopic (exact) mass is 208 g/mol. The molecule has 0 amide bonds. The van der Waals surface area contributed by atoms with Crippen molar-refractivity contribution >= 4 is 23.5 Å². The van der Waals surface area contributed by atoms with Gasteiger partial charge in [0.25, 0.3) is 0 Å². The van der Waals surface area contributed by atoms with E-state index >= 15 is 0 Å². The molecule has 0 spiro atoms. The summed E-state index contributed by atoms with van der Waals surface area (Å²) in [5.74, 6) is -1.45. The van der Waals surface area contributed by atoms with Crippen LogP contribution in [0.1, 0.15) is 6.42 Å². The predicted octanol–water partition coefficient (Wildman–Crippen LogP) is -0.557. The summed E-state index contributed by atoms with van der Waals surface area (Å²) in [6.45, 7) is 0. The summed E-state index contributed by atoms with van der Waals surface area (Å²) in [7, 11) is 1.14. The van der Waals surface area contributed by atoms with Crippen LogP contribution in [0.5, 0.6) is 0 Å². The molecule has 6 heteroatoms. The summed E-state index contributed by atoms with van der Waals surface area (Å²) in [5.41, 5.74) is 0. The van der Waals surface area contributed by atoms with Crippen LogP contribution in [0, 0.1) is 0 Å². The lowest BCUT2D eigenvalue weighted by atomic mass is 10.1. The van der Waals surface area contributed by atoms with Crippen molar-refractivity contribution in [2.75, 3.05) is 7.11 Å². The van der Waals surface area contributed by atoms with E-state index in [0.29, 0.717) is 0 Å². The van der Waals surface area contributed by atoms with Crippen molar-refractivity contribution in [2.45, 2.75) is 24.0 Å². The molecule has 74 valence electrons. The Kier molecular flexibility index (Phi) is 3.11. The third-order valence-corrected chi connectivity index (χ3v) is 2.11. The average Bonchev–Trinajstić information content (AvgIpc) is 2.44. The van der Waals surface area contributed by atoms with Crippen LogP contribution in [0.3, 0.4) is 0 Å². The van der Waals surface area contributed by atoms with Crippen LogP contribution >= 0.6 is 11.6 Å². The number of carbonyl (C=O) groups excluding carboxylic acids is 2. The number of rotatable bonds is 2. The minimum Gasteiger partial charge on any atom is -0.467 e. The van der Waals surface area contributed by atoms with E-state index in [1.54, 1.807) is 0 Å². The van der Waals surface area contributed by atoms with Gasteiger partial charge in [0.2, 0.25) is 0 Å². The lowest BCUT2D eigenvalue weighted by Gasteiger charge is -2.13. The number of aliphatic hydroxyl groups excluding tert-OH is 1. The first-order chi connectivity index (χ1) is 6.06. The van der Waals surface area contributed by atoms with Gasteiger partial charge in [-0.2, -0.15) is 0 Å². The van der Waals surface area contributed by atoms with E-state index in [0.717, 1.165) is 7.11 Å². The molecule has 1 rings (SSSR count). The molecule has 1 saturated heterocycles. The largest absolute Gasteiger partial charge is 0.467 e. The molecule has 0 aromatic rings. The number of aliphatic hydroxyl groups is 1. The fraction of sp³-hybridized carbons (Fsp3) is 0.714. The molecule has 1 aliphatic heterocycles. The molecule has 1 fully saturated rings. The van der Waals surface area contributed by atoms with E-state index < -0.39 is 29.5 Å². The van der Waals surface area contributed by atoms with Crippen molar-refractivity contribution in [3.05, 3.63) is 0 Å². The van der Waals surface area contributed by atoms with Crippen LogP contribution in [0.15, 0.2) is 0 Å². The predicted molar refractivity (Wildman–Crippen MR) is 42.2 cm³/mol. The van der Waals surface area contributed by atoms with E-state index in [9.17, 15) is 14.7 Å². The van der Waals surface area contributed by atoms with Crippen molar-refractivity contribution in [3.8, 4) is 0 Å². The van der Waals surface area contributed by atoms with E-state index in [1.807, 2.05) is 0 Å². The number of carbonyl (C=O) groups is 2. The van der Waals surface area contributed by atoms with Crippen LogP contribution in [-0.2, 0) is 19.1 Å². The number of hydrogen-bond acceptors (Lipinski definition) is 5. The number of ether oxygens (including phenoxy) is 2. The second-order valence-corrected chi connectivity index (χ2v) is 3.17. The molecule has 0 radical (unpaired) electrons.